The Labute approximate surface area is 199 Å². The fraction of sp³-hybridized carbons (Fsp3) is 0.318. The highest BCUT2D eigenvalue weighted by molar-refractivity contribution is 7.99. The highest BCUT2D eigenvalue weighted by Gasteiger charge is 2.31. The summed E-state index contributed by atoms with van der Waals surface area (Å²) >= 11 is 7.12. The zero-order chi connectivity index (χ0) is 24.2. The number of hydrogen-bond donors (Lipinski definition) is 1. The second kappa shape index (κ2) is 10.6. The van der Waals surface area contributed by atoms with Gasteiger partial charge in [-0.15, -0.1) is 10.2 Å². The van der Waals surface area contributed by atoms with Gasteiger partial charge in [-0.1, -0.05) is 48.5 Å². The van der Waals surface area contributed by atoms with Crippen LogP contribution < -0.4 is 5.32 Å². The van der Waals surface area contributed by atoms with E-state index in [0.717, 1.165) is 47.9 Å². The predicted molar refractivity (Wildman–Crippen MR) is 124 cm³/mol. The Kier molecular flexibility index (Phi) is 8.04. The molecule has 33 heavy (non-hydrogen) atoms. The molecular weight excluding hydrogens is 475 g/mol. The summed E-state index contributed by atoms with van der Waals surface area (Å²) in [5.41, 5.74) is -0.139. The first-order valence-corrected chi connectivity index (χ1v) is 11.4. The lowest BCUT2D eigenvalue weighted by molar-refractivity contribution is -0.137. The second-order valence-corrected chi connectivity index (χ2v) is 8.78. The topological polar surface area (TPSA) is 63.1 Å². The van der Waals surface area contributed by atoms with Crippen LogP contribution in [-0.4, -0.2) is 45.4 Å². The van der Waals surface area contributed by atoms with Crippen LogP contribution in [0.4, 0.5) is 18.9 Å². The minimum atomic E-state index is -4.54. The summed E-state index contributed by atoms with van der Waals surface area (Å²) in [5, 5.41) is 11.6. The normalized spacial score (nSPS) is 12.7. The molecule has 0 fully saturated rings. The van der Waals surface area contributed by atoms with Gasteiger partial charge in [0.1, 0.15) is 0 Å². The van der Waals surface area contributed by atoms with Crippen molar-refractivity contribution >= 4 is 35.0 Å². The molecule has 3 aromatic rings. The highest BCUT2D eigenvalue weighted by atomic mass is 35.5. The van der Waals surface area contributed by atoms with Crippen LogP contribution in [0.1, 0.15) is 30.8 Å². The molecule has 2 aromatic carbocycles. The summed E-state index contributed by atoms with van der Waals surface area (Å²) in [5.74, 6) is 0.138. The number of carbonyl (C=O) groups excluding carboxylic acids is 1. The van der Waals surface area contributed by atoms with Crippen LogP contribution >= 0.6 is 23.4 Å². The van der Waals surface area contributed by atoms with Crippen molar-refractivity contribution in [1.82, 2.24) is 19.7 Å². The standard InChI is InChI=1S/C22H23ClF3N5OS/c1-4-18(30(2)3)20-28-29-21(31(20)15-8-6-5-7-9-15)33-13-19(32)27-17-12-14(22(24,25)26)10-11-16(17)23/h5-12,18H,4,13H2,1-3H3,(H,27,32)/t18-/m0/s1. The number of benzene rings is 2. The van der Waals surface area contributed by atoms with Crippen LogP contribution in [0.2, 0.25) is 5.02 Å². The number of nitrogens with one attached hydrogen (secondary N) is 1. The number of carbonyl (C=O) groups is 1. The molecule has 1 aromatic heterocycles. The number of nitrogens with zero attached hydrogens (tertiary/aromatic N) is 4. The molecule has 0 unspecified atom stereocenters. The Balaban J connectivity index is 1.82. The maximum Gasteiger partial charge on any atom is 0.416 e. The minimum absolute atomic E-state index is 0.00444. The number of rotatable bonds is 8. The summed E-state index contributed by atoms with van der Waals surface area (Å²) in [6.07, 6.45) is -3.74. The van der Waals surface area contributed by atoms with Crippen molar-refractivity contribution in [3.05, 3.63) is 64.9 Å². The molecule has 0 aliphatic rings. The van der Waals surface area contributed by atoms with E-state index in [0.29, 0.717) is 5.16 Å². The zero-order valence-electron chi connectivity index (χ0n) is 18.2. The molecule has 6 nitrogen and oxygen atoms in total. The number of hydrogen-bond acceptors (Lipinski definition) is 5. The van der Waals surface area contributed by atoms with Gasteiger partial charge in [-0.3, -0.25) is 14.3 Å². The third-order valence-electron chi connectivity index (χ3n) is 4.88. The molecule has 1 heterocycles. The van der Waals surface area contributed by atoms with E-state index in [-0.39, 0.29) is 22.5 Å². The summed E-state index contributed by atoms with van der Waals surface area (Å²) in [6.45, 7) is 2.05. The van der Waals surface area contributed by atoms with Gasteiger partial charge < -0.3 is 5.32 Å². The molecule has 0 aliphatic carbocycles. The number of anilines is 1. The van der Waals surface area contributed by atoms with E-state index in [4.69, 9.17) is 11.6 Å². The van der Waals surface area contributed by atoms with Crippen molar-refractivity contribution in [1.29, 1.82) is 0 Å². The van der Waals surface area contributed by atoms with Gasteiger partial charge in [0.15, 0.2) is 11.0 Å². The van der Waals surface area contributed by atoms with E-state index in [1.54, 1.807) is 0 Å². The van der Waals surface area contributed by atoms with E-state index >= 15 is 0 Å². The van der Waals surface area contributed by atoms with Crippen molar-refractivity contribution < 1.29 is 18.0 Å². The highest BCUT2D eigenvalue weighted by Crippen LogP contribution is 2.34. The van der Waals surface area contributed by atoms with Crippen LogP contribution in [0.3, 0.4) is 0 Å². The van der Waals surface area contributed by atoms with Gasteiger partial charge in [0, 0.05) is 5.69 Å². The van der Waals surface area contributed by atoms with E-state index in [1.807, 2.05) is 60.8 Å². The Bertz CT molecular complexity index is 1110. The fourth-order valence-electron chi connectivity index (χ4n) is 3.30. The molecular formula is C22H23ClF3N5OS. The first kappa shape index (κ1) is 25.1. The summed E-state index contributed by atoms with van der Waals surface area (Å²) in [4.78, 5) is 14.6. The van der Waals surface area contributed by atoms with Crippen LogP contribution in [-0.2, 0) is 11.0 Å². The predicted octanol–water partition coefficient (Wildman–Crippen LogP) is 5.68. The van der Waals surface area contributed by atoms with Crippen LogP contribution in [0.5, 0.6) is 0 Å². The molecule has 0 bridgehead atoms. The molecule has 0 saturated carbocycles. The number of halogens is 4. The Morgan fingerprint density at radius 2 is 1.88 bits per heavy atom. The van der Waals surface area contributed by atoms with E-state index < -0.39 is 17.6 Å². The van der Waals surface area contributed by atoms with Crippen molar-refractivity contribution in [3.8, 4) is 5.69 Å². The number of amides is 1. The zero-order valence-corrected chi connectivity index (χ0v) is 19.8. The van der Waals surface area contributed by atoms with Gasteiger partial charge in [0.05, 0.1) is 28.1 Å². The summed E-state index contributed by atoms with van der Waals surface area (Å²) in [6, 6.07) is 12.3. The van der Waals surface area contributed by atoms with Crippen molar-refractivity contribution in [2.75, 3.05) is 25.2 Å². The van der Waals surface area contributed by atoms with Crippen molar-refractivity contribution in [3.63, 3.8) is 0 Å². The smallest absolute Gasteiger partial charge is 0.324 e. The summed E-state index contributed by atoms with van der Waals surface area (Å²) in [7, 11) is 3.91. The van der Waals surface area contributed by atoms with Crippen LogP contribution in [0.15, 0.2) is 53.7 Å². The molecule has 1 amide bonds. The third kappa shape index (κ3) is 6.07. The average molecular weight is 498 g/mol. The number of para-hydroxylation sites is 1. The molecule has 0 spiro atoms. The van der Waals surface area contributed by atoms with Crippen molar-refractivity contribution in [2.24, 2.45) is 0 Å². The van der Waals surface area contributed by atoms with Gasteiger partial charge in [-0.05, 0) is 50.8 Å². The van der Waals surface area contributed by atoms with Crippen LogP contribution in [0, 0.1) is 0 Å². The quantitative estimate of drug-likeness (QED) is 0.405. The fourth-order valence-corrected chi connectivity index (χ4v) is 4.23. The molecule has 3 rings (SSSR count). The lowest BCUT2D eigenvalue weighted by Crippen LogP contribution is -2.23. The molecule has 0 aliphatic heterocycles. The Morgan fingerprint density at radius 1 is 1.18 bits per heavy atom. The minimum Gasteiger partial charge on any atom is -0.324 e. The first-order valence-electron chi connectivity index (χ1n) is 10.1. The average Bonchev–Trinajstić information content (AvgIpc) is 3.17. The van der Waals surface area contributed by atoms with Gasteiger partial charge >= 0.3 is 6.18 Å². The maximum atomic E-state index is 13.0. The molecule has 0 saturated heterocycles. The molecule has 1 N–H and O–H groups in total. The van der Waals surface area contributed by atoms with Crippen molar-refractivity contribution in [2.45, 2.75) is 30.7 Å². The Hall–Kier alpha value is -2.56. The Morgan fingerprint density at radius 3 is 2.48 bits per heavy atom. The molecule has 11 heteroatoms. The number of aromatic nitrogens is 3. The molecule has 1 atom stereocenters. The lowest BCUT2D eigenvalue weighted by Gasteiger charge is -2.23. The number of thioether (sulfide) groups is 1. The van der Waals surface area contributed by atoms with Gasteiger partial charge in [0.2, 0.25) is 5.91 Å². The monoisotopic (exact) mass is 497 g/mol. The van der Waals surface area contributed by atoms with Gasteiger partial charge in [0.25, 0.3) is 0 Å². The second-order valence-electron chi connectivity index (χ2n) is 7.43. The van der Waals surface area contributed by atoms with Gasteiger partial charge in [-0.25, -0.2) is 0 Å². The molecule has 0 radical (unpaired) electrons. The van der Waals surface area contributed by atoms with E-state index in [2.05, 4.69) is 15.5 Å². The van der Waals surface area contributed by atoms with Crippen LogP contribution in [0.25, 0.3) is 5.69 Å². The van der Waals surface area contributed by atoms with Gasteiger partial charge in [-0.2, -0.15) is 13.2 Å². The first-order chi connectivity index (χ1) is 15.6. The largest absolute Gasteiger partial charge is 0.416 e. The lowest BCUT2D eigenvalue weighted by atomic mass is 10.2. The van der Waals surface area contributed by atoms with E-state index in [1.165, 1.54) is 0 Å². The number of alkyl halides is 3. The SMILES string of the molecule is CC[C@@H](c1nnc(SCC(=O)Nc2cc(C(F)(F)F)ccc2Cl)n1-c1ccccc1)N(C)C. The maximum absolute atomic E-state index is 13.0. The van der Waals surface area contributed by atoms with E-state index in [9.17, 15) is 18.0 Å². The molecule has 176 valence electrons. The summed E-state index contributed by atoms with van der Waals surface area (Å²) < 4.78 is 40.8. The third-order valence-corrected chi connectivity index (χ3v) is 6.14.